The summed E-state index contributed by atoms with van der Waals surface area (Å²) in [6.45, 7) is 0. The van der Waals surface area contributed by atoms with Gasteiger partial charge in [0.2, 0.25) is 5.56 Å². The Labute approximate surface area is 74.3 Å². The maximum atomic E-state index is 10.8. The minimum absolute atomic E-state index is 0.113. The summed E-state index contributed by atoms with van der Waals surface area (Å²) in [5.74, 6) is 0. The summed E-state index contributed by atoms with van der Waals surface area (Å²) in [7, 11) is 0. The van der Waals surface area contributed by atoms with Gasteiger partial charge in [-0.05, 0) is 12.1 Å². The average molecular weight is 173 g/mol. The van der Waals surface area contributed by atoms with E-state index in [0.717, 1.165) is 11.3 Å². The van der Waals surface area contributed by atoms with Gasteiger partial charge < -0.3 is 4.98 Å². The van der Waals surface area contributed by atoms with E-state index in [1.807, 2.05) is 0 Å². The second kappa shape index (κ2) is 3.18. The van der Waals surface area contributed by atoms with Crippen LogP contribution in [0.1, 0.15) is 0 Å². The molecule has 0 aliphatic carbocycles. The summed E-state index contributed by atoms with van der Waals surface area (Å²) in [5, 5.41) is 0. The van der Waals surface area contributed by atoms with Gasteiger partial charge in [-0.15, -0.1) is 0 Å². The fourth-order valence-electron chi connectivity index (χ4n) is 1.03. The number of rotatable bonds is 1. The summed E-state index contributed by atoms with van der Waals surface area (Å²) in [6, 6.07) is 4.98. The van der Waals surface area contributed by atoms with Crippen molar-refractivity contribution in [3.8, 4) is 11.3 Å². The third-order valence-corrected chi connectivity index (χ3v) is 1.66. The van der Waals surface area contributed by atoms with Gasteiger partial charge in [-0.1, -0.05) is 0 Å². The van der Waals surface area contributed by atoms with Crippen LogP contribution in [0.3, 0.4) is 0 Å². The van der Waals surface area contributed by atoms with E-state index in [1.54, 1.807) is 24.5 Å². The van der Waals surface area contributed by atoms with Crippen molar-refractivity contribution in [1.82, 2.24) is 15.0 Å². The summed E-state index contributed by atoms with van der Waals surface area (Å²) >= 11 is 0. The molecule has 0 radical (unpaired) electrons. The number of hydrogen-bond acceptors (Lipinski definition) is 3. The molecular weight excluding hydrogens is 166 g/mol. The zero-order chi connectivity index (χ0) is 9.10. The molecule has 0 aromatic carbocycles. The van der Waals surface area contributed by atoms with Crippen molar-refractivity contribution >= 4 is 0 Å². The first kappa shape index (κ1) is 7.67. The van der Waals surface area contributed by atoms with Gasteiger partial charge in [0.05, 0.1) is 5.69 Å². The van der Waals surface area contributed by atoms with E-state index in [4.69, 9.17) is 0 Å². The fraction of sp³-hybridized carbons (Fsp3) is 0. The number of hydrogen-bond donors (Lipinski definition) is 1. The first-order valence-electron chi connectivity index (χ1n) is 3.81. The zero-order valence-corrected chi connectivity index (χ0v) is 6.77. The Bertz CT molecular complexity index is 429. The Morgan fingerprint density at radius 2 is 2.15 bits per heavy atom. The van der Waals surface area contributed by atoms with Gasteiger partial charge in [0, 0.05) is 24.0 Å². The van der Waals surface area contributed by atoms with Crippen LogP contribution in [0.25, 0.3) is 11.3 Å². The number of aromatic amines is 1. The molecular formula is C9H7N3O. The van der Waals surface area contributed by atoms with Gasteiger partial charge in [-0.3, -0.25) is 4.79 Å². The number of nitrogens with zero attached hydrogens (tertiary/aromatic N) is 2. The van der Waals surface area contributed by atoms with Crippen molar-refractivity contribution in [1.29, 1.82) is 0 Å². The third-order valence-electron chi connectivity index (χ3n) is 1.66. The largest absolute Gasteiger partial charge is 0.328 e. The van der Waals surface area contributed by atoms with Crippen LogP contribution in [0.4, 0.5) is 0 Å². The Morgan fingerprint density at radius 1 is 1.23 bits per heavy atom. The fourth-order valence-corrected chi connectivity index (χ4v) is 1.03. The predicted octanol–water partition coefficient (Wildman–Crippen LogP) is 0.832. The minimum Gasteiger partial charge on any atom is -0.328 e. The first-order chi connectivity index (χ1) is 6.36. The maximum Gasteiger partial charge on any atom is 0.247 e. The molecule has 0 atom stereocenters. The molecule has 0 unspecified atom stereocenters. The lowest BCUT2D eigenvalue weighted by atomic mass is 10.2. The maximum absolute atomic E-state index is 10.8. The van der Waals surface area contributed by atoms with E-state index in [-0.39, 0.29) is 5.56 Å². The van der Waals surface area contributed by atoms with Crippen LogP contribution in [0.15, 0.2) is 41.7 Å². The molecule has 0 aliphatic heterocycles. The highest BCUT2D eigenvalue weighted by atomic mass is 16.1. The minimum atomic E-state index is -0.113. The lowest BCUT2D eigenvalue weighted by Gasteiger charge is -1.96. The lowest BCUT2D eigenvalue weighted by molar-refractivity contribution is 1.16. The van der Waals surface area contributed by atoms with E-state index in [9.17, 15) is 4.79 Å². The Morgan fingerprint density at radius 3 is 2.77 bits per heavy atom. The molecule has 0 aliphatic rings. The van der Waals surface area contributed by atoms with Crippen LogP contribution in [-0.2, 0) is 0 Å². The molecule has 2 rings (SSSR count). The zero-order valence-electron chi connectivity index (χ0n) is 6.77. The molecule has 0 amide bonds. The molecule has 4 heteroatoms. The SMILES string of the molecule is O=c1ccc(-c2ccncn2)c[nH]1. The molecule has 2 aromatic rings. The molecule has 0 bridgehead atoms. The third kappa shape index (κ3) is 1.61. The van der Waals surface area contributed by atoms with Crippen molar-refractivity contribution < 1.29 is 0 Å². The molecule has 0 spiro atoms. The van der Waals surface area contributed by atoms with E-state index < -0.39 is 0 Å². The van der Waals surface area contributed by atoms with Crippen molar-refractivity contribution in [3.05, 3.63) is 47.3 Å². The van der Waals surface area contributed by atoms with Crippen LogP contribution in [-0.4, -0.2) is 15.0 Å². The van der Waals surface area contributed by atoms with Gasteiger partial charge in [-0.2, -0.15) is 0 Å². The molecule has 64 valence electrons. The Hall–Kier alpha value is -1.97. The van der Waals surface area contributed by atoms with E-state index in [2.05, 4.69) is 15.0 Å². The standard InChI is InChI=1S/C9H7N3O/c13-9-2-1-7(5-11-9)8-3-4-10-6-12-8/h1-6H,(H,11,13). The highest BCUT2D eigenvalue weighted by molar-refractivity contribution is 5.56. The quantitative estimate of drug-likeness (QED) is 0.694. The average Bonchev–Trinajstić information content (AvgIpc) is 2.20. The normalized spacial score (nSPS) is 9.85. The van der Waals surface area contributed by atoms with Gasteiger partial charge in [-0.25, -0.2) is 9.97 Å². The van der Waals surface area contributed by atoms with Crippen LogP contribution in [0, 0.1) is 0 Å². The molecule has 0 saturated heterocycles. The summed E-state index contributed by atoms with van der Waals surface area (Å²) < 4.78 is 0. The smallest absolute Gasteiger partial charge is 0.247 e. The second-order valence-electron chi connectivity index (χ2n) is 2.54. The van der Waals surface area contributed by atoms with Crippen molar-refractivity contribution in [2.75, 3.05) is 0 Å². The van der Waals surface area contributed by atoms with Crippen LogP contribution < -0.4 is 5.56 Å². The predicted molar refractivity (Wildman–Crippen MR) is 48.1 cm³/mol. The van der Waals surface area contributed by atoms with Gasteiger partial charge in [0.25, 0.3) is 0 Å². The molecule has 0 fully saturated rings. The van der Waals surface area contributed by atoms with Crippen molar-refractivity contribution in [2.24, 2.45) is 0 Å². The number of H-pyrrole nitrogens is 1. The van der Waals surface area contributed by atoms with E-state index in [1.165, 1.54) is 12.4 Å². The van der Waals surface area contributed by atoms with Gasteiger partial charge in [0.1, 0.15) is 6.33 Å². The first-order valence-corrected chi connectivity index (χ1v) is 3.81. The topological polar surface area (TPSA) is 58.6 Å². The molecule has 0 saturated carbocycles. The van der Waals surface area contributed by atoms with E-state index in [0.29, 0.717) is 0 Å². The number of nitrogens with one attached hydrogen (secondary N) is 1. The lowest BCUT2D eigenvalue weighted by Crippen LogP contribution is -2.01. The van der Waals surface area contributed by atoms with Crippen LogP contribution >= 0.6 is 0 Å². The molecule has 13 heavy (non-hydrogen) atoms. The highest BCUT2D eigenvalue weighted by Gasteiger charge is 1.96. The molecule has 2 heterocycles. The van der Waals surface area contributed by atoms with Gasteiger partial charge >= 0.3 is 0 Å². The summed E-state index contributed by atoms with van der Waals surface area (Å²) in [4.78, 5) is 21.2. The second-order valence-corrected chi connectivity index (χ2v) is 2.54. The van der Waals surface area contributed by atoms with E-state index >= 15 is 0 Å². The van der Waals surface area contributed by atoms with Crippen LogP contribution in [0.5, 0.6) is 0 Å². The molecule has 4 nitrogen and oxygen atoms in total. The van der Waals surface area contributed by atoms with Crippen molar-refractivity contribution in [3.63, 3.8) is 0 Å². The summed E-state index contributed by atoms with van der Waals surface area (Å²) in [5.41, 5.74) is 1.56. The Kier molecular flexibility index (Phi) is 1.88. The number of pyridine rings is 1. The van der Waals surface area contributed by atoms with Crippen molar-refractivity contribution in [2.45, 2.75) is 0 Å². The molecule has 1 N–H and O–H groups in total. The number of aromatic nitrogens is 3. The summed E-state index contributed by atoms with van der Waals surface area (Å²) in [6.07, 6.45) is 4.76. The van der Waals surface area contributed by atoms with Gasteiger partial charge in [0.15, 0.2) is 0 Å². The highest BCUT2D eigenvalue weighted by Crippen LogP contribution is 2.11. The monoisotopic (exact) mass is 173 g/mol. The molecule has 2 aromatic heterocycles. The van der Waals surface area contributed by atoms with Crippen LogP contribution in [0.2, 0.25) is 0 Å². The Balaban J connectivity index is 2.48.